The molecule has 0 amide bonds. The van der Waals surface area contributed by atoms with Crippen LogP contribution in [0.2, 0.25) is 0 Å². The van der Waals surface area contributed by atoms with Crippen LogP contribution in [0.4, 0.5) is 18.9 Å². The van der Waals surface area contributed by atoms with Gasteiger partial charge in [-0.3, -0.25) is 0 Å². The van der Waals surface area contributed by atoms with Crippen molar-refractivity contribution in [3.8, 4) is 17.2 Å². The number of aliphatic imine (C=N–C) groups is 1. The van der Waals surface area contributed by atoms with Gasteiger partial charge in [0, 0.05) is 25.7 Å². The molecular formula is C27H26F3N3O4S. The molecule has 200 valence electrons. The molecule has 2 heterocycles. The number of hydrogen-bond acceptors (Lipinski definition) is 6. The Balaban J connectivity index is 1.54. The summed E-state index contributed by atoms with van der Waals surface area (Å²) >= 11 is 0. The Bertz CT molecular complexity index is 1520. The van der Waals surface area contributed by atoms with E-state index in [1.807, 2.05) is 4.90 Å². The number of piperazine rings is 1. The predicted molar refractivity (Wildman–Crippen MR) is 137 cm³/mol. The molecule has 0 saturated carbocycles. The van der Waals surface area contributed by atoms with Gasteiger partial charge in [-0.15, -0.1) is 0 Å². The van der Waals surface area contributed by atoms with Crippen LogP contribution >= 0.6 is 0 Å². The predicted octanol–water partition coefficient (Wildman–Crippen LogP) is 5.60. The van der Waals surface area contributed by atoms with Crippen molar-refractivity contribution in [2.75, 3.05) is 26.7 Å². The number of methoxy groups -OCH3 is 1. The summed E-state index contributed by atoms with van der Waals surface area (Å²) in [5, 5.41) is 0. The summed E-state index contributed by atoms with van der Waals surface area (Å²) in [6.07, 6.45) is -4.54. The van der Waals surface area contributed by atoms with Crippen molar-refractivity contribution >= 4 is 21.5 Å². The summed E-state index contributed by atoms with van der Waals surface area (Å²) in [6.45, 7) is 4.28. The van der Waals surface area contributed by atoms with Crippen LogP contribution in [0.1, 0.15) is 23.6 Å². The lowest BCUT2D eigenvalue weighted by molar-refractivity contribution is -0.137. The molecule has 1 saturated heterocycles. The SMILES string of the molecule is COc1ccc2c(c1)C(N1CCN(S(=O)(=O)c3ccccc3C)[C@@H](C)C1)=Nc1cc(C(F)(F)F)ccc1O2. The Labute approximate surface area is 219 Å². The Morgan fingerprint density at radius 1 is 1.03 bits per heavy atom. The van der Waals surface area contributed by atoms with Crippen LogP contribution in [0.25, 0.3) is 0 Å². The molecule has 0 aliphatic carbocycles. The molecule has 0 N–H and O–H groups in total. The Morgan fingerprint density at radius 3 is 2.45 bits per heavy atom. The molecule has 3 aromatic rings. The smallest absolute Gasteiger partial charge is 0.416 e. The van der Waals surface area contributed by atoms with E-state index in [9.17, 15) is 21.6 Å². The molecule has 0 aromatic heterocycles. The van der Waals surface area contributed by atoms with Crippen LogP contribution in [-0.4, -0.2) is 56.2 Å². The number of benzene rings is 3. The lowest BCUT2D eigenvalue weighted by Crippen LogP contribution is -2.55. The monoisotopic (exact) mass is 545 g/mol. The van der Waals surface area contributed by atoms with Crippen LogP contribution in [-0.2, 0) is 16.2 Å². The highest BCUT2D eigenvalue weighted by Crippen LogP contribution is 2.42. The van der Waals surface area contributed by atoms with Gasteiger partial charge in [-0.2, -0.15) is 17.5 Å². The first-order chi connectivity index (χ1) is 18.0. The number of hydrogen-bond donors (Lipinski definition) is 0. The maximum Gasteiger partial charge on any atom is 0.416 e. The van der Waals surface area contributed by atoms with E-state index in [1.54, 1.807) is 56.3 Å². The number of alkyl halides is 3. The minimum Gasteiger partial charge on any atom is -0.497 e. The second-order valence-corrected chi connectivity index (χ2v) is 11.1. The van der Waals surface area contributed by atoms with Gasteiger partial charge in [-0.05, 0) is 61.9 Å². The number of sulfonamides is 1. The molecule has 2 aliphatic heterocycles. The summed E-state index contributed by atoms with van der Waals surface area (Å²) in [7, 11) is -2.24. The van der Waals surface area contributed by atoms with Gasteiger partial charge in [0.2, 0.25) is 10.0 Å². The Kier molecular flexibility index (Phi) is 6.60. The number of fused-ring (bicyclic) bond motifs is 2. The van der Waals surface area contributed by atoms with Crippen LogP contribution in [0.15, 0.2) is 70.6 Å². The molecule has 0 spiro atoms. The molecule has 2 aliphatic rings. The first-order valence-electron chi connectivity index (χ1n) is 12.0. The highest BCUT2D eigenvalue weighted by Gasteiger charge is 2.37. The van der Waals surface area contributed by atoms with Gasteiger partial charge in [-0.25, -0.2) is 13.4 Å². The van der Waals surface area contributed by atoms with Crippen LogP contribution in [0.3, 0.4) is 0 Å². The molecule has 38 heavy (non-hydrogen) atoms. The fourth-order valence-corrected chi connectivity index (χ4v) is 6.60. The minimum atomic E-state index is -4.54. The van der Waals surface area contributed by atoms with E-state index in [0.29, 0.717) is 28.5 Å². The normalized spacial score (nSPS) is 18.1. The average molecular weight is 546 g/mol. The third kappa shape index (κ3) is 4.71. The van der Waals surface area contributed by atoms with Gasteiger partial charge in [0.1, 0.15) is 23.0 Å². The molecule has 0 radical (unpaired) electrons. The van der Waals surface area contributed by atoms with Crippen molar-refractivity contribution in [1.29, 1.82) is 0 Å². The maximum atomic E-state index is 13.5. The number of halogens is 3. The maximum absolute atomic E-state index is 13.5. The number of amidine groups is 1. The van der Waals surface area contributed by atoms with Gasteiger partial charge in [-0.1, -0.05) is 18.2 Å². The van der Waals surface area contributed by atoms with Gasteiger partial charge >= 0.3 is 6.18 Å². The summed E-state index contributed by atoms with van der Waals surface area (Å²) in [5.74, 6) is 1.51. The largest absolute Gasteiger partial charge is 0.497 e. The van der Waals surface area contributed by atoms with Gasteiger partial charge in [0.15, 0.2) is 5.75 Å². The molecule has 1 atom stereocenters. The van der Waals surface area contributed by atoms with E-state index >= 15 is 0 Å². The molecule has 1 fully saturated rings. The molecule has 0 bridgehead atoms. The van der Waals surface area contributed by atoms with Crippen LogP contribution in [0, 0.1) is 6.92 Å². The zero-order chi connectivity index (χ0) is 27.2. The number of rotatable bonds is 3. The number of aryl methyl sites for hydroxylation is 1. The third-order valence-corrected chi connectivity index (χ3v) is 8.88. The summed E-state index contributed by atoms with van der Waals surface area (Å²) < 4.78 is 80.2. The van der Waals surface area contributed by atoms with Gasteiger partial charge in [0.25, 0.3) is 0 Å². The fourth-order valence-electron chi connectivity index (χ4n) is 4.76. The first-order valence-corrected chi connectivity index (χ1v) is 13.4. The first kappa shape index (κ1) is 26.1. The Hall–Kier alpha value is -3.57. The molecule has 5 rings (SSSR count). The highest BCUT2D eigenvalue weighted by molar-refractivity contribution is 7.89. The molecule has 3 aromatic carbocycles. The average Bonchev–Trinajstić information content (AvgIpc) is 3.04. The summed E-state index contributed by atoms with van der Waals surface area (Å²) in [6, 6.07) is 14.7. The van der Waals surface area contributed by atoms with E-state index < -0.39 is 27.8 Å². The summed E-state index contributed by atoms with van der Waals surface area (Å²) in [4.78, 5) is 6.78. The highest BCUT2D eigenvalue weighted by atomic mass is 32.2. The lowest BCUT2D eigenvalue weighted by Gasteiger charge is -2.40. The van der Waals surface area contributed by atoms with E-state index in [2.05, 4.69) is 4.99 Å². The van der Waals surface area contributed by atoms with E-state index in [1.165, 1.54) is 17.5 Å². The zero-order valence-corrected chi connectivity index (χ0v) is 21.8. The second-order valence-electron chi connectivity index (χ2n) is 9.26. The van der Waals surface area contributed by atoms with Crippen LogP contribution < -0.4 is 9.47 Å². The molecule has 11 heteroatoms. The minimum absolute atomic E-state index is 0.0348. The summed E-state index contributed by atoms with van der Waals surface area (Å²) in [5.41, 5.74) is 0.392. The molecular weight excluding hydrogens is 519 g/mol. The van der Waals surface area contributed by atoms with E-state index in [0.717, 1.165) is 12.1 Å². The van der Waals surface area contributed by atoms with Gasteiger partial charge < -0.3 is 14.4 Å². The van der Waals surface area contributed by atoms with Crippen molar-refractivity contribution in [2.24, 2.45) is 4.99 Å². The van der Waals surface area contributed by atoms with Crippen molar-refractivity contribution < 1.29 is 31.1 Å². The van der Waals surface area contributed by atoms with Crippen molar-refractivity contribution in [1.82, 2.24) is 9.21 Å². The quantitative estimate of drug-likeness (QED) is 0.429. The topological polar surface area (TPSA) is 71.4 Å². The van der Waals surface area contributed by atoms with E-state index in [4.69, 9.17) is 9.47 Å². The number of ether oxygens (including phenoxy) is 2. The van der Waals surface area contributed by atoms with Crippen LogP contribution in [0.5, 0.6) is 17.2 Å². The molecule has 0 unspecified atom stereocenters. The molecule has 7 nitrogen and oxygen atoms in total. The second kappa shape index (κ2) is 9.63. The third-order valence-electron chi connectivity index (χ3n) is 6.71. The van der Waals surface area contributed by atoms with Crippen molar-refractivity contribution in [3.05, 3.63) is 77.4 Å². The lowest BCUT2D eigenvalue weighted by atomic mass is 10.1. The zero-order valence-electron chi connectivity index (χ0n) is 21.0. The Morgan fingerprint density at radius 2 is 1.76 bits per heavy atom. The van der Waals surface area contributed by atoms with Crippen molar-refractivity contribution in [2.45, 2.75) is 31.0 Å². The standard InChI is InChI=1S/C27H26F3N3O4S/c1-17-6-4-5-7-25(17)38(34,35)33-13-12-32(16-18(33)2)26-21-15-20(36-3)9-11-23(21)37-24-10-8-19(27(28,29)30)14-22(24)31-26/h4-11,14-15,18H,12-13,16H2,1-3H3/t18-/m0/s1. The van der Waals surface area contributed by atoms with Gasteiger partial charge in [0.05, 0.1) is 23.1 Å². The fraction of sp³-hybridized carbons (Fsp3) is 0.296. The van der Waals surface area contributed by atoms with Crippen molar-refractivity contribution in [3.63, 3.8) is 0 Å². The number of nitrogens with zero attached hydrogens (tertiary/aromatic N) is 3. The van der Waals surface area contributed by atoms with E-state index in [-0.39, 0.29) is 36.0 Å².